The van der Waals surface area contributed by atoms with Crippen LogP contribution in [0.2, 0.25) is 0 Å². The monoisotopic (exact) mass is 281 g/mol. The summed E-state index contributed by atoms with van der Waals surface area (Å²) in [5.41, 5.74) is 1.10. The van der Waals surface area contributed by atoms with Crippen molar-refractivity contribution in [3.63, 3.8) is 0 Å². The van der Waals surface area contributed by atoms with Gasteiger partial charge in [-0.2, -0.15) is 0 Å². The van der Waals surface area contributed by atoms with Crippen LogP contribution in [0.1, 0.15) is 32.6 Å². The Hall–Kier alpha value is -1.17. The van der Waals surface area contributed by atoms with Crippen LogP contribution in [0.25, 0.3) is 0 Å². The minimum absolute atomic E-state index is 0.0634. The molecular formula is C13H15NO2S2. The van der Waals surface area contributed by atoms with Crippen molar-refractivity contribution in [2.45, 2.75) is 19.4 Å². The van der Waals surface area contributed by atoms with Gasteiger partial charge in [0.1, 0.15) is 0 Å². The van der Waals surface area contributed by atoms with Crippen molar-refractivity contribution >= 4 is 28.6 Å². The first-order valence-corrected chi connectivity index (χ1v) is 7.47. The Morgan fingerprint density at radius 1 is 1.50 bits per heavy atom. The normalized spacial score (nSPS) is 12.3. The highest BCUT2D eigenvalue weighted by molar-refractivity contribution is 7.12. The quantitative estimate of drug-likeness (QED) is 0.885. The third kappa shape index (κ3) is 3.41. The molecule has 0 aliphatic rings. The zero-order chi connectivity index (χ0) is 13.0. The molecule has 0 unspecified atom stereocenters. The van der Waals surface area contributed by atoms with Crippen LogP contribution in [0.15, 0.2) is 29.0 Å². The second-order valence-electron chi connectivity index (χ2n) is 4.06. The molecule has 1 atom stereocenters. The number of rotatable bonds is 5. The summed E-state index contributed by atoms with van der Waals surface area (Å²) in [6.45, 7) is 2.45. The van der Waals surface area contributed by atoms with Gasteiger partial charge in [0.2, 0.25) is 0 Å². The molecule has 5 heteroatoms. The number of carbonyl (C=O) groups excluding carboxylic acids is 1. The molecule has 0 bridgehead atoms. The summed E-state index contributed by atoms with van der Waals surface area (Å²) in [5, 5.41) is 16.6. The molecule has 2 aromatic heterocycles. The van der Waals surface area contributed by atoms with Gasteiger partial charge in [0.05, 0.1) is 11.0 Å². The van der Waals surface area contributed by atoms with Crippen LogP contribution in [0.5, 0.6) is 0 Å². The van der Waals surface area contributed by atoms with Crippen LogP contribution in [0, 0.1) is 6.92 Å². The largest absolute Gasteiger partial charge is 0.388 e. The topological polar surface area (TPSA) is 49.3 Å². The molecule has 2 N–H and O–H groups in total. The Morgan fingerprint density at radius 3 is 2.94 bits per heavy atom. The van der Waals surface area contributed by atoms with Crippen LogP contribution in [0.4, 0.5) is 0 Å². The van der Waals surface area contributed by atoms with Crippen LogP contribution in [-0.4, -0.2) is 17.6 Å². The number of hydrogen-bond acceptors (Lipinski definition) is 4. The maximum absolute atomic E-state index is 11.7. The molecule has 2 heterocycles. The standard InChI is InChI=1S/C13H15NO2S2/c1-9-7-12(18-8-9)13(16)14-5-4-10(15)11-3-2-6-17-11/h2-3,6-8,10,15H,4-5H2,1H3,(H,14,16)/t10-/m0/s1. The van der Waals surface area contributed by atoms with Crippen LogP contribution in [-0.2, 0) is 0 Å². The fourth-order valence-corrected chi connectivity index (χ4v) is 3.14. The number of aliphatic hydroxyl groups is 1. The first-order valence-electron chi connectivity index (χ1n) is 5.71. The Kier molecular flexibility index (Phi) is 4.52. The van der Waals surface area contributed by atoms with E-state index in [1.165, 1.54) is 22.7 Å². The lowest BCUT2D eigenvalue weighted by atomic mass is 10.2. The minimum atomic E-state index is -0.490. The highest BCUT2D eigenvalue weighted by Crippen LogP contribution is 2.21. The van der Waals surface area contributed by atoms with E-state index in [0.717, 1.165) is 15.3 Å². The molecule has 0 saturated carbocycles. The Labute approximate surface area is 114 Å². The van der Waals surface area contributed by atoms with E-state index in [4.69, 9.17) is 0 Å². The molecule has 3 nitrogen and oxygen atoms in total. The van der Waals surface area contributed by atoms with Crippen LogP contribution < -0.4 is 5.32 Å². The van der Waals surface area contributed by atoms with E-state index >= 15 is 0 Å². The fourth-order valence-electron chi connectivity index (χ4n) is 1.58. The van der Waals surface area contributed by atoms with Crippen LogP contribution >= 0.6 is 22.7 Å². The van der Waals surface area contributed by atoms with E-state index < -0.39 is 6.10 Å². The number of hydrogen-bond donors (Lipinski definition) is 2. The van der Waals surface area contributed by atoms with Gasteiger partial charge in [-0.15, -0.1) is 22.7 Å². The molecule has 0 fully saturated rings. The van der Waals surface area contributed by atoms with Gasteiger partial charge in [-0.25, -0.2) is 0 Å². The predicted molar refractivity (Wildman–Crippen MR) is 75.3 cm³/mol. The Balaban J connectivity index is 1.77. The summed E-state index contributed by atoms with van der Waals surface area (Å²) in [6, 6.07) is 5.69. The summed E-state index contributed by atoms with van der Waals surface area (Å²) >= 11 is 2.97. The summed E-state index contributed by atoms with van der Waals surface area (Å²) in [7, 11) is 0. The van der Waals surface area contributed by atoms with Gasteiger partial charge in [-0.3, -0.25) is 4.79 Å². The molecule has 0 radical (unpaired) electrons. The molecule has 2 aromatic rings. The summed E-state index contributed by atoms with van der Waals surface area (Å²) in [5.74, 6) is -0.0634. The molecular weight excluding hydrogens is 266 g/mol. The maximum atomic E-state index is 11.7. The first-order chi connectivity index (χ1) is 8.66. The molecule has 96 valence electrons. The molecule has 0 aliphatic heterocycles. The van der Waals surface area contributed by atoms with Gasteiger partial charge >= 0.3 is 0 Å². The SMILES string of the molecule is Cc1csc(C(=O)NCC[C@H](O)c2cccs2)c1. The molecule has 0 aliphatic carbocycles. The maximum Gasteiger partial charge on any atom is 0.261 e. The third-order valence-electron chi connectivity index (χ3n) is 2.53. The Morgan fingerprint density at radius 2 is 2.33 bits per heavy atom. The molecule has 2 rings (SSSR count). The van der Waals surface area contributed by atoms with E-state index in [1.54, 1.807) is 0 Å². The van der Waals surface area contributed by atoms with Crippen molar-refractivity contribution in [1.82, 2.24) is 5.32 Å². The Bertz CT molecular complexity index is 505. The summed E-state index contributed by atoms with van der Waals surface area (Å²) in [6.07, 6.45) is 0.0479. The van der Waals surface area contributed by atoms with Crippen molar-refractivity contribution < 1.29 is 9.90 Å². The van der Waals surface area contributed by atoms with Gasteiger partial charge in [-0.05, 0) is 41.8 Å². The number of aryl methyl sites for hydroxylation is 1. The second kappa shape index (κ2) is 6.13. The zero-order valence-electron chi connectivity index (χ0n) is 10.1. The molecule has 1 amide bonds. The van der Waals surface area contributed by atoms with E-state index in [9.17, 15) is 9.90 Å². The number of amides is 1. The number of nitrogens with one attached hydrogen (secondary N) is 1. The third-order valence-corrected chi connectivity index (χ3v) is 4.55. The van der Waals surface area contributed by atoms with Crippen LogP contribution in [0.3, 0.4) is 0 Å². The van der Waals surface area contributed by atoms with Gasteiger partial charge in [0.25, 0.3) is 5.91 Å². The highest BCUT2D eigenvalue weighted by Gasteiger charge is 2.10. The van der Waals surface area contributed by atoms with E-state index in [-0.39, 0.29) is 5.91 Å². The predicted octanol–water partition coefficient (Wildman–Crippen LogP) is 2.97. The average Bonchev–Trinajstić information content (AvgIpc) is 2.99. The second-order valence-corrected chi connectivity index (χ2v) is 5.95. The van der Waals surface area contributed by atoms with Crippen molar-refractivity contribution in [2.24, 2.45) is 0 Å². The van der Waals surface area contributed by atoms with Crippen molar-refractivity contribution in [1.29, 1.82) is 0 Å². The summed E-state index contributed by atoms with van der Waals surface area (Å²) < 4.78 is 0. The van der Waals surface area contributed by atoms with Gasteiger partial charge < -0.3 is 10.4 Å². The fraction of sp³-hybridized carbons (Fsp3) is 0.308. The van der Waals surface area contributed by atoms with Crippen molar-refractivity contribution in [2.75, 3.05) is 6.54 Å². The number of thiophene rings is 2. The van der Waals surface area contributed by atoms with E-state index in [0.29, 0.717) is 13.0 Å². The molecule has 18 heavy (non-hydrogen) atoms. The lowest BCUT2D eigenvalue weighted by Gasteiger charge is -2.08. The minimum Gasteiger partial charge on any atom is -0.388 e. The molecule has 0 saturated heterocycles. The summed E-state index contributed by atoms with van der Waals surface area (Å²) in [4.78, 5) is 13.4. The lowest BCUT2D eigenvalue weighted by Crippen LogP contribution is -2.24. The van der Waals surface area contributed by atoms with Crippen molar-refractivity contribution in [3.8, 4) is 0 Å². The van der Waals surface area contributed by atoms with Gasteiger partial charge in [0.15, 0.2) is 0 Å². The smallest absolute Gasteiger partial charge is 0.261 e. The van der Waals surface area contributed by atoms with Gasteiger partial charge in [-0.1, -0.05) is 6.07 Å². The highest BCUT2D eigenvalue weighted by atomic mass is 32.1. The lowest BCUT2D eigenvalue weighted by molar-refractivity contribution is 0.0947. The van der Waals surface area contributed by atoms with E-state index in [2.05, 4.69) is 5.32 Å². The number of carbonyl (C=O) groups is 1. The average molecular weight is 281 g/mol. The zero-order valence-corrected chi connectivity index (χ0v) is 11.7. The number of aliphatic hydroxyl groups excluding tert-OH is 1. The van der Waals surface area contributed by atoms with E-state index in [1.807, 2.05) is 35.9 Å². The molecule has 0 aromatic carbocycles. The molecule has 0 spiro atoms. The van der Waals surface area contributed by atoms with Crippen molar-refractivity contribution in [3.05, 3.63) is 44.3 Å². The first kappa shape index (κ1) is 13.3. The van der Waals surface area contributed by atoms with Gasteiger partial charge in [0, 0.05) is 11.4 Å².